The molecular formula is C14H21N3O2. The Balaban J connectivity index is 2.01. The van der Waals surface area contributed by atoms with Gasteiger partial charge in [-0.2, -0.15) is 0 Å². The highest BCUT2D eigenvalue weighted by molar-refractivity contribution is 5.96. The Morgan fingerprint density at radius 2 is 2.26 bits per heavy atom. The monoisotopic (exact) mass is 263 g/mol. The Bertz CT molecular complexity index is 428. The van der Waals surface area contributed by atoms with Crippen molar-refractivity contribution in [3.05, 3.63) is 24.0 Å². The van der Waals surface area contributed by atoms with Crippen LogP contribution in [0.1, 0.15) is 30.1 Å². The van der Waals surface area contributed by atoms with E-state index in [9.17, 15) is 4.79 Å². The molecule has 1 fully saturated rings. The first kappa shape index (κ1) is 13.8. The molecule has 1 N–H and O–H groups in total. The average molecular weight is 263 g/mol. The first-order valence-corrected chi connectivity index (χ1v) is 6.77. The molecule has 1 amide bonds. The van der Waals surface area contributed by atoms with Gasteiger partial charge >= 0.3 is 0 Å². The lowest BCUT2D eigenvalue weighted by atomic mass is 10.0. The molecule has 0 spiro atoms. The lowest BCUT2D eigenvalue weighted by Crippen LogP contribution is -2.44. The Labute approximate surface area is 114 Å². The van der Waals surface area contributed by atoms with Gasteiger partial charge in [0, 0.05) is 25.3 Å². The number of hydrogen-bond acceptors (Lipinski definition) is 4. The molecule has 0 unspecified atom stereocenters. The Morgan fingerprint density at radius 3 is 2.89 bits per heavy atom. The van der Waals surface area contributed by atoms with Crippen molar-refractivity contribution in [1.82, 2.24) is 15.2 Å². The lowest BCUT2D eigenvalue weighted by Gasteiger charge is -2.32. The van der Waals surface area contributed by atoms with Crippen LogP contribution in [0.3, 0.4) is 0 Å². The van der Waals surface area contributed by atoms with Crippen LogP contribution in [0, 0.1) is 0 Å². The quantitative estimate of drug-likeness (QED) is 0.889. The van der Waals surface area contributed by atoms with Gasteiger partial charge in [0.15, 0.2) is 0 Å². The maximum atomic E-state index is 12.4. The topological polar surface area (TPSA) is 54.5 Å². The summed E-state index contributed by atoms with van der Waals surface area (Å²) in [5.41, 5.74) is 0.597. The van der Waals surface area contributed by atoms with E-state index in [4.69, 9.17) is 4.74 Å². The standard InChI is InChI=1S/C14H21N3O2/c1-3-16-11-5-8-17(9-6-11)14(18)12-4-7-15-10-13(12)19-2/h4,7,10-11,16H,3,5-6,8-9H2,1-2H3. The molecule has 0 saturated carbocycles. The molecule has 2 heterocycles. The first-order valence-electron chi connectivity index (χ1n) is 6.77. The van der Waals surface area contributed by atoms with Crippen molar-refractivity contribution in [2.75, 3.05) is 26.7 Å². The number of piperidine rings is 1. The average Bonchev–Trinajstić information content (AvgIpc) is 2.47. The molecule has 0 aliphatic carbocycles. The van der Waals surface area contributed by atoms with Crippen LogP contribution in [0.25, 0.3) is 0 Å². The number of nitrogens with zero attached hydrogens (tertiary/aromatic N) is 2. The van der Waals surface area contributed by atoms with E-state index >= 15 is 0 Å². The maximum absolute atomic E-state index is 12.4. The summed E-state index contributed by atoms with van der Waals surface area (Å²) in [4.78, 5) is 18.3. The normalized spacial score (nSPS) is 16.4. The minimum Gasteiger partial charge on any atom is -0.494 e. The summed E-state index contributed by atoms with van der Waals surface area (Å²) in [7, 11) is 1.56. The van der Waals surface area contributed by atoms with Crippen LogP contribution in [-0.4, -0.2) is 48.6 Å². The summed E-state index contributed by atoms with van der Waals surface area (Å²) in [6, 6.07) is 2.26. The molecule has 104 valence electrons. The molecule has 0 aromatic carbocycles. The van der Waals surface area contributed by atoms with Gasteiger partial charge in [-0.15, -0.1) is 0 Å². The molecule has 1 aromatic heterocycles. The highest BCUT2D eigenvalue weighted by Gasteiger charge is 2.24. The summed E-state index contributed by atoms with van der Waals surface area (Å²) >= 11 is 0. The summed E-state index contributed by atoms with van der Waals surface area (Å²) in [5.74, 6) is 0.579. The van der Waals surface area contributed by atoms with Gasteiger partial charge in [-0.3, -0.25) is 9.78 Å². The lowest BCUT2D eigenvalue weighted by molar-refractivity contribution is 0.0702. The van der Waals surface area contributed by atoms with Gasteiger partial charge in [0.1, 0.15) is 5.75 Å². The molecular weight excluding hydrogens is 242 g/mol. The molecule has 0 bridgehead atoms. The van der Waals surface area contributed by atoms with E-state index in [0.717, 1.165) is 32.5 Å². The number of rotatable bonds is 4. The molecule has 1 aliphatic rings. The second-order valence-corrected chi connectivity index (χ2v) is 4.70. The fourth-order valence-electron chi connectivity index (χ4n) is 2.47. The van der Waals surface area contributed by atoms with E-state index in [1.165, 1.54) is 0 Å². The fraction of sp³-hybridized carbons (Fsp3) is 0.571. The highest BCUT2D eigenvalue weighted by atomic mass is 16.5. The highest BCUT2D eigenvalue weighted by Crippen LogP contribution is 2.20. The second kappa shape index (κ2) is 6.52. The van der Waals surface area contributed by atoms with Gasteiger partial charge in [0.05, 0.1) is 18.9 Å². The van der Waals surface area contributed by atoms with E-state index in [1.54, 1.807) is 25.6 Å². The van der Waals surface area contributed by atoms with Crippen LogP contribution in [0.15, 0.2) is 18.5 Å². The van der Waals surface area contributed by atoms with Crippen molar-refractivity contribution in [1.29, 1.82) is 0 Å². The Kier molecular flexibility index (Phi) is 4.74. The van der Waals surface area contributed by atoms with Crippen molar-refractivity contribution in [3.8, 4) is 5.75 Å². The number of hydrogen-bond donors (Lipinski definition) is 1. The molecule has 0 atom stereocenters. The number of methoxy groups -OCH3 is 1. The van der Waals surface area contributed by atoms with E-state index < -0.39 is 0 Å². The zero-order valence-corrected chi connectivity index (χ0v) is 11.6. The molecule has 1 aromatic rings. The minimum atomic E-state index is 0.0363. The minimum absolute atomic E-state index is 0.0363. The summed E-state index contributed by atoms with van der Waals surface area (Å²) in [6.07, 6.45) is 5.22. The summed E-state index contributed by atoms with van der Waals surface area (Å²) in [6.45, 7) is 4.68. The Hall–Kier alpha value is -1.62. The number of amides is 1. The van der Waals surface area contributed by atoms with Gasteiger partial charge in [-0.1, -0.05) is 6.92 Å². The molecule has 0 radical (unpaired) electrons. The number of ether oxygens (including phenoxy) is 1. The SMILES string of the molecule is CCNC1CCN(C(=O)c2ccncc2OC)CC1. The maximum Gasteiger partial charge on any atom is 0.257 e. The third-order valence-corrected chi connectivity index (χ3v) is 3.51. The van der Waals surface area contributed by atoms with E-state index in [2.05, 4.69) is 17.2 Å². The zero-order chi connectivity index (χ0) is 13.7. The van der Waals surface area contributed by atoms with Crippen molar-refractivity contribution in [2.24, 2.45) is 0 Å². The predicted molar refractivity (Wildman–Crippen MR) is 73.4 cm³/mol. The van der Waals surface area contributed by atoms with Crippen molar-refractivity contribution >= 4 is 5.91 Å². The van der Waals surface area contributed by atoms with Crippen molar-refractivity contribution in [3.63, 3.8) is 0 Å². The van der Waals surface area contributed by atoms with Crippen molar-refractivity contribution in [2.45, 2.75) is 25.8 Å². The first-order chi connectivity index (χ1) is 9.26. The van der Waals surface area contributed by atoms with E-state index in [1.807, 2.05) is 4.90 Å². The van der Waals surface area contributed by atoms with Gasteiger partial charge < -0.3 is 15.0 Å². The Morgan fingerprint density at radius 1 is 1.53 bits per heavy atom. The molecule has 2 rings (SSSR count). The van der Waals surface area contributed by atoms with Crippen LogP contribution < -0.4 is 10.1 Å². The van der Waals surface area contributed by atoms with Crippen LogP contribution in [0.4, 0.5) is 0 Å². The number of aromatic nitrogens is 1. The molecule has 19 heavy (non-hydrogen) atoms. The van der Waals surface area contributed by atoms with Crippen molar-refractivity contribution < 1.29 is 9.53 Å². The molecule has 5 nitrogen and oxygen atoms in total. The van der Waals surface area contributed by atoms with Gasteiger partial charge in [0.25, 0.3) is 5.91 Å². The van der Waals surface area contributed by atoms with E-state index in [-0.39, 0.29) is 5.91 Å². The number of pyridine rings is 1. The predicted octanol–water partition coefficient (Wildman–Crippen LogP) is 1.30. The van der Waals surface area contributed by atoms with E-state index in [0.29, 0.717) is 17.4 Å². The third kappa shape index (κ3) is 3.23. The largest absolute Gasteiger partial charge is 0.494 e. The molecule has 1 saturated heterocycles. The van der Waals surface area contributed by atoms with Crippen LogP contribution in [0.5, 0.6) is 5.75 Å². The summed E-state index contributed by atoms with van der Waals surface area (Å²) in [5, 5.41) is 3.43. The zero-order valence-electron chi connectivity index (χ0n) is 11.6. The van der Waals surface area contributed by atoms with Gasteiger partial charge in [0.2, 0.25) is 0 Å². The van der Waals surface area contributed by atoms with Crippen LogP contribution >= 0.6 is 0 Å². The number of nitrogens with one attached hydrogen (secondary N) is 1. The van der Waals surface area contributed by atoms with Crippen LogP contribution in [-0.2, 0) is 0 Å². The second-order valence-electron chi connectivity index (χ2n) is 4.70. The van der Waals surface area contributed by atoms with Crippen LogP contribution in [0.2, 0.25) is 0 Å². The summed E-state index contributed by atoms with van der Waals surface area (Å²) < 4.78 is 5.19. The number of carbonyl (C=O) groups excluding carboxylic acids is 1. The molecule has 5 heteroatoms. The third-order valence-electron chi connectivity index (χ3n) is 3.51. The number of likely N-dealkylation sites (tertiary alicyclic amines) is 1. The van der Waals surface area contributed by atoms with Gasteiger partial charge in [-0.25, -0.2) is 0 Å². The number of carbonyl (C=O) groups is 1. The smallest absolute Gasteiger partial charge is 0.257 e. The van der Waals surface area contributed by atoms with Gasteiger partial charge in [-0.05, 0) is 25.5 Å². The fourth-order valence-corrected chi connectivity index (χ4v) is 2.47. The molecule has 1 aliphatic heterocycles.